The predicted octanol–water partition coefficient (Wildman–Crippen LogP) is 2.68. The molecule has 20 heavy (non-hydrogen) atoms. The van der Waals surface area contributed by atoms with Gasteiger partial charge in [-0.1, -0.05) is 51.3 Å². The van der Waals surface area contributed by atoms with Crippen molar-refractivity contribution >= 4 is 17.7 Å². The van der Waals surface area contributed by atoms with Crippen molar-refractivity contribution in [2.75, 3.05) is 5.75 Å². The molecule has 1 fully saturated rings. The van der Waals surface area contributed by atoms with Crippen LogP contribution >= 0.6 is 11.8 Å². The van der Waals surface area contributed by atoms with Gasteiger partial charge in [-0.05, 0) is 25.0 Å². The summed E-state index contributed by atoms with van der Waals surface area (Å²) in [4.78, 5) is 12.0. The van der Waals surface area contributed by atoms with Crippen LogP contribution in [0.1, 0.15) is 58.8 Å². The van der Waals surface area contributed by atoms with Crippen LogP contribution in [0.25, 0.3) is 0 Å². The number of carbonyl (C=O) groups is 1. The third kappa shape index (κ3) is 4.16. The Morgan fingerprint density at radius 2 is 2.05 bits per heavy atom. The molecule has 4 nitrogen and oxygen atoms in total. The largest absolute Gasteiger partial charge is 0.345 e. The lowest BCUT2D eigenvalue weighted by Gasteiger charge is -2.42. The highest BCUT2D eigenvalue weighted by molar-refractivity contribution is 8.00. The van der Waals surface area contributed by atoms with Crippen molar-refractivity contribution in [1.29, 1.82) is 0 Å². The topological polar surface area (TPSA) is 53.2 Å². The van der Waals surface area contributed by atoms with Crippen molar-refractivity contribution in [1.82, 2.24) is 16.0 Å². The summed E-state index contributed by atoms with van der Waals surface area (Å²) in [6.07, 6.45) is 9.99. The molecule has 1 aliphatic carbocycles. The molecule has 2 rings (SSSR count). The highest BCUT2D eigenvalue weighted by Gasteiger charge is 2.37. The Kier molecular flexibility index (Phi) is 5.78. The van der Waals surface area contributed by atoms with Crippen molar-refractivity contribution in [3.05, 3.63) is 11.8 Å². The highest BCUT2D eigenvalue weighted by atomic mass is 32.2. The summed E-state index contributed by atoms with van der Waals surface area (Å²) in [5, 5.41) is 9.77. The smallest absolute Gasteiger partial charge is 0.249 e. The van der Waals surface area contributed by atoms with Crippen molar-refractivity contribution in [2.24, 2.45) is 0 Å². The van der Waals surface area contributed by atoms with Gasteiger partial charge < -0.3 is 10.6 Å². The lowest BCUT2D eigenvalue weighted by molar-refractivity contribution is -0.118. The summed E-state index contributed by atoms with van der Waals surface area (Å²) in [6, 6.07) is 0.497. The van der Waals surface area contributed by atoms with E-state index in [1.54, 1.807) is 17.8 Å². The normalized spacial score (nSPS) is 27.7. The van der Waals surface area contributed by atoms with Crippen LogP contribution in [-0.4, -0.2) is 22.8 Å². The molecule has 1 heterocycles. The summed E-state index contributed by atoms with van der Waals surface area (Å²) in [7, 11) is 0. The minimum absolute atomic E-state index is 0.0106. The van der Waals surface area contributed by atoms with Gasteiger partial charge in [0.2, 0.25) is 11.0 Å². The van der Waals surface area contributed by atoms with Gasteiger partial charge in [-0.2, -0.15) is 0 Å². The number of hydrogen-bond acceptors (Lipinski definition) is 4. The molecule has 1 aliphatic heterocycles. The van der Waals surface area contributed by atoms with Crippen LogP contribution < -0.4 is 16.0 Å². The molecule has 0 bridgehead atoms. The van der Waals surface area contributed by atoms with E-state index in [2.05, 4.69) is 29.8 Å². The Morgan fingerprint density at radius 3 is 2.70 bits per heavy atom. The number of rotatable bonds is 6. The fourth-order valence-corrected chi connectivity index (χ4v) is 4.06. The summed E-state index contributed by atoms with van der Waals surface area (Å²) >= 11 is 1.73. The van der Waals surface area contributed by atoms with Crippen LogP contribution in [-0.2, 0) is 4.79 Å². The first-order valence-electron chi connectivity index (χ1n) is 7.90. The Morgan fingerprint density at radius 1 is 1.30 bits per heavy atom. The summed E-state index contributed by atoms with van der Waals surface area (Å²) in [5.41, 5.74) is 1.04. The molecule has 1 atom stereocenters. The summed E-state index contributed by atoms with van der Waals surface area (Å²) in [6.45, 7) is 4.26. The van der Waals surface area contributed by atoms with Crippen LogP contribution in [0.3, 0.4) is 0 Å². The van der Waals surface area contributed by atoms with E-state index in [1.165, 1.54) is 32.1 Å². The SMILES string of the molecule is CCCC1=CC(=O)N[C@@](NC2CCCCC2)(SCC)N1. The fraction of sp³-hybridized carbons (Fsp3) is 0.800. The fourth-order valence-electron chi connectivity index (χ4n) is 3.00. The van der Waals surface area contributed by atoms with Crippen molar-refractivity contribution < 1.29 is 4.79 Å². The summed E-state index contributed by atoms with van der Waals surface area (Å²) in [5.74, 6) is 0.961. The molecule has 114 valence electrons. The second kappa shape index (κ2) is 7.36. The number of hydrogen-bond donors (Lipinski definition) is 3. The third-order valence-corrected chi connectivity index (χ3v) is 4.88. The monoisotopic (exact) mass is 297 g/mol. The molecule has 0 aromatic carbocycles. The second-order valence-corrected chi connectivity index (χ2v) is 7.11. The van der Waals surface area contributed by atoms with Gasteiger partial charge in [-0.3, -0.25) is 10.1 Å². The Hall–Kier alpha value is -0.680. The van der Waals surface area contributed by atoms with Gasteiger partial charge in [0.05, 0.1) is 0 Å². The highest BCUT2D eigenvalue weighted by Crippen LogP contribution is 2.26. The molecule has 0 spiro atoms. The average Bonchev–Trinajstić information content (AvgIpc) is 2.39. The van der Waals surface area contributed by atoms with Crippen LogP contribution in [0, 0.1) is 0 Å². The minimum atomic E-state index is -0.521. The van der Waals surface area contributed by atoms with Gasteiger partial charge in [-0.15, -0.1) is 0 Å². The molecule has 0 aromatic heterocycles. The molecule has 0 unspecified atom stereocenters. The lowest BCUT2D eigenvalue weighted by Crippen LogP contribution is -2.69. The molecule has 1 amide bonds. The molecular weight excluding hydrogens is 270 g/mol. The lowest BCUT2D eigenvalue weighted by atomic mass is 9.95. The number of thioether (sulfide) groups is 1. The predicted molar refractivity (Wildman–Crippen MR) is 85.1 cm³/mol. The van der Waals surface area contributed by atoms with Gasteiger partial charge in [0.15, 0.2) is 0 Å². The second-order valence-electron chi connectivity index (χ2n) is 5.63. The van der Waals surface area contributed by atoms with Gasteiger partial charge in [0.25, 0.3) is 0 Å². The summed E-state index contributed by atoms with van der Waals surface area (Å²) < 4.78 is 0. The maximum Gasteiger partial charge on any atom is 0.249 e. The molecular formula is C15H27N3OS. The quantitative estimate of drug-likeness (QED) is 0.660. The maximum absolute atomic E-state index is 12.0. The molecule has 2 aliphatic rings. The van der Waals surface area contributed by atoms with E-state index in [0.717, 1.165) is 24.3 Å². The van der Waals surface area contributed by atoms with E-state index in [4.69, 9.17) is 0 Å². The van der Waals surface area contributed by atoms with Crippen LogP contribution in [0.15, 0.2) is 11.8 Å². The number of amides is 1. The maximum atomic E-state index is 12.0. The number of carbonyl (C=O) groups excluding carboxylic acids is 1. The molecule has 0 saturated heterocycles. The molecule has 0 aromatic rings. The molecule has 3 N–H and O–H groups in total. The van der Waals surface area contributed by atoms with Crippen molar-refractivity contribution in [3.63, 3.8) is 0 Å². The first kappa shape index (κ1) is 15.7. The zero-order valence-electron chi connectivity index (χ0n) is 12.6. The zero-order chi connectivity index (χ0) is 14.4. The Labute approximate surface area is 126 Å². The standard InChI is InChI=1S/C15H27N3OS/c1-3-8-13-11-14(19)18-15(17-13,20-4-2)16-12-9-6-5-7-10-12/h11-12,16-17H,3-10H2,1-2H3,(H,18,19)/t15-/m0/s1. The zero-order valence-corrected chi connectivity index (χ0v) is 13.4. The number of allylic oxidation sites excluding steroid dienone is 1. The van der Waals surface area contributed by atoms with Gasteiger partial charge in [0, 0.05) is 17.8 Å². The van der Waals surface area contributed by atoms with Crippen LogP contribution in [0.2, 0.25) is 0 Å². The average molecular weight is 297 g/mol. The van der Waals surface area contributed by atoms with E-state index in [1.807, 2.05) is 0 Å². The minimum Gasteiger partial charge on any atom is -0.345 e. The Bertz CT molecular complexity index is 366. The van der Waals surface area contributed by atoms with E-state index in [9.17, 15) is 4.79 Å². The first-order valence-corrected chi connectivity index (χ1v) is 8.88. The van der Waals surface area contributed by atoms with Gasteiger partial charge in [0.1, 0.15) is 0 Å². The van der Waals surface area contributed by atoms with Gasteiger partial charge >= 0.3 is 0 Å². The van der Waals surface area contributed by atoms with E-state index >= 15 is 0 Å². The first-order chi connectivity index (χ1) is 9.67. The molecule has 1 saturated carbocycles. The van der Waals surface area contributed by atoms with E-state index < -0.39 is 5.12 Å². The van der Waals surface area contributed by atoms with E-state index in [-0.39, 0.29) is 5.91 Å². The molecule has 0 radical (unpaired) electrons. The van der Waals surface area contributed by atoms with Gasteiger partial charge in [-0.25, -0.2) is 0 Å². The van der Waals surface area contributed by atoms with Crippen LogP contribution in [0.4, 0.5) is 0 Å². The Balaban J connectivity index is 2.07. The van der Waals surface area contributed by atoms with E-state index in [0.29, 0.717) is 6.04 Å². The van der Waals surface area contributed by atoms with Crippen molar-refractivity contribution in [3.8, 4) is 0 Å². The van der Waals surface area contributed by atoms with Crippen molar-refractivity contribution in [2.45, 2.75) is 70.0 Å². The third-order valence-electron chi connectivity index (χ3n) is 3.83. The molecule has 5 heteroatoms. The van der Waals surface area contributed by atoms with Crippen LogP contribution in [0.5, 0.6) is 0 Å². The number of nitrogens with one attached hydrogen (secondary N) is 3.